The highest BCUT2D eigenvalue weighted by atomic mass is 16.5. The monoisotopic (exact) mass is 377 g/mol. The van der Waals surface area contributed by atoms with Crippen LogP contribution in [0, 0.1) is 6.92 Å². The predicted octanol–water partition coefficient (Wildman–Crippen LogP) is 3.83. The number of ether oxygens (including phenoxy) is 2. The van der Waals surface area contributed by atoms with Crippen molar-refractivity contribution in [3.05, 3.63) is 71.4 Å². The molecular formula is C22H23N3O3. The number of nitrogen functional groups attached to an aromatic ring is 1. The summed E-state index contributed by atoms with van der Waals surface area (Å²) >= 11 is 0. The molecule has 0 radical (unpaired) electrons. The van der Waals surface area contributed by atoms with Gasteiger partial charge in [0.05, 0.1) is 24.6 Å². The first-order valence-electron chi connectivity index (χ1n) is 9.17. The van der Waals surface area contributed by atoms with E-state index >= 15 is 0 Å². The normalized spacial score (nSPS) is 10.5. The van der Waals surface area contributed by atoms with E-state index in [0.29, 0.717) is 34.9 Å². The molecule has 1 heterocycles. The third-order valence-corrected chi connectivity index (χ3v) is 4.22. The van der Waals surface area contributed by atoms with Gasteiger partial charge in [-0.1, -0.05) is 42.5 Å². The summed E-state index contributed by atoms with van der Waals surface area (Å²) < 4.78 is 11.2. The van der Waals surface area contributed by atoms with Gasteiger partial charge >= 0.3 is 5.97 Å². The standard InChI is InChI=1S/C22H23N3O3/c1-3-27-21(26)19-15(2)24-22(23)25-20(19)17-11-7-8-12-18(17)28-14-13-16-9-5-4-6-10-16/h4-12H,3,13-14H2,1-2H3,(H2,23,24,25). The van der Waals surface area contributed by atoms with Crippen molar-refractivity contribution in [3.8, 4) is 17.0 Å². The van der Waals surface area contributed by atoms with Crippen LogP contribution in [0.4, 0.5) is 5.95 Å². The molecule has 0 bridgehead atoms. The molecule has 0 aliphatic rings. The van der Waals surface area contributed by atoms with Gasteiger partial charge in [0.15, 0.2) is 0 Å². The van der Waals surface area contributed by atoms with E-state index in [1.807, 2.05) is 42.5 Å². The number of esters is 1. The highest BCUT2D eigenvalue weighted by Gasteiger charge is 2.22. The van der Waals surface area contributed by atoms with Crippen LogP contribution in [0.3, 0.4) is 0 Å². The molecule has 0 fully saturated rings. The fraction of sp³-hybridized carbons (Fsp3) is 0.227. The van der Waals surface area contributed by atoms with Gasteiger partial charge < -0.3 is 15.2 Å². The first kappa shape index (κ1) is 19.4. The molecule has 0 aliphatic carbocycles. The van der Waals surface area contributed by atoms with Crippen molar-refractivity contribution in [1.82, 2.24) is 9.97 Å². The van der Waals surface area contributed by atoms with Crippen LogP contribution >= 0.6 is 0 Å². The minimum Gasteiger partial charge on any atom is -0.493 e. The number of aromatic nitrogens is 2. The summed E-state index contributed by atoms with van der Waals surface area (Å²) in [5.74, 6) is 0.246. The van der Waals surface area contributed by atoms with E-state index in [4.69, 9.17) is 15.2 Å². The van der Waals surface area contributed by atoms with Crippen LogP contribution in [0.25, 0.3) is 11.3 Å². The Morgan fingerprint density at radius 3 is 2.50 bits per heavy atom. The average molecular weight is 377 g/mol. The van der Waals surface area contributed by atoms with Crippen molar-refractivity contribution in [2.24, 2.45) is 0 Å². The molecule has 6 nitrogen and oxygen atoms in total. The predicted molar refractivity (Wildman–Crippen MR) is 108 cm³/mol. The van der Waals surface area contributed by atoms with E-state index in [2.05, 4.69) is 22.1 Å². The lowest BCUT2D eigenvalue weighted by Crippen LogP contribution is -2.13. The number of anilines is 1. The minimum atomic E-state index is -0.478. The molecule has 28 heavy (non-hydrogen) atoms. The SMILES string of the molecule is CCOC(=O)c1c(C)nc(N)nc1-c1ccccc1OCCc1ccccc1. The zero-order valence-corrected chi connectivity index (χ0v) is 16.0. The molecule has 0 atom stereocenters. The molecule has 0 saturated carbocycles. The Balaban J connectivity index is 1.93. The minimum absolute atomic E-state index is 0.0969. The topological polar surface area (TPSA) is 87.3 Å². The highest BCUT2D eigenvalue weighted by molar-refractivity contribution is 5.98. The lowest BCUT2D eigenvalue weighted by atomic mass is 10.0. The molecule has 3 aromatic rings. The second kappa shape index (κ2) is 8.99. The number of carbonyl (C=O) groups excluding carboxylic acids is 1. The van der Waals surface area contributed by atoms with Crippen molar-refractivity contribution in [2.45, 2.75) is 20.3 Å². The van der Waals surface area contributed by atoms with Gasteiger partial charge in [0.2, 0.25) is 5.95 Å². The number of nitrogens with zero attached hydrogens (tertiary/aromatic N) is 2. The fourth-order valence-corrected chi connectivity index (χ4v) is 2.95. The molecule has 2 N–H and O–H groups in total. The summed E-state index contributed by atoms with van der Waals surface area (Å²) in [5, 5.41) is 0. The first-order valence-corrected chi connectivity index (χ1v) is 9.17. The molecule has 0 saturated heterocycles. The number of aryl methyl sites for hydroxylation is 1. The number of para-hydroxylation sites is 1. The van der Waals surface area contributed by atoms with Crippen molar-refractivity contribution >= 4 is 11.9 Å². The van der Waals surface area contributed by atoms with Crippen molar-refractivity contribution in [1.29, 1.82) is 0 Å². The van der Waals surface area contributed by atoms with Crippen LogP contribution < -0.4 is 10.5 Å². The maximum absolute atomic E-state index is 12.5. The average Bonchev–Trinajstić information content (AvgIpc) is 2.69. The fourth-order valence-electron chi connectivity index (χ4n) is 2.95. The Bertz CT molecular complexity index is 958. The highest BCUT2D eigenvalue weighted by Crippen LogP contribution is 2.32. The maximum Gasteiger partial charge on any atom is 0.342 e. The van der Waals surface area contributed by atoms with E-state index in [1.54, 1.807) is 13.8 Å². The number of nitrogens with two attached hydrogens (primary N) is 1. The van der Waals surface area contributed by atoms with E-state index in [-0.39, 0.29) is 12.6 Å². The number of hydrogen-bond donors (Lipinski definition) is 1. The van der Waals surface area contributed by atoms with Gasteiger partial charge in [0.1, 0.15) is 11.3 Å². The van der Waals surface area contributed by atoms with E-state index in [9.17, 15) is 4.79 Å². The van der Waals surface area contributed by atoms with Gasteiger partial charge in [-0.2, -0.15) is 0 Å². The lowest BCUT2D eigenvalue weighted by Gasteiger charge is -2.15. The number of hydrogen-bond acceptors (Lipinski definition) is 6. The number of carbonyl (C=O) groups is 1. The third-order valence-electron chi connectivity index (χ3n) is 4.22. The van der Waals surface area contributed by atoms with Crippen LogP contribution in [0.5, 0.6) is 5.75 Å². The Morgan fingerprint density at radius 2 is 1.75 bits per heavy atom. The Morgan fingerprint density at radius 1 is 1.04 bits per heavy atom. The van der Waals surface area contributed by atoms with Crippen LogP contribution in [0.1, 0.15) is 28.5 Å². The summed E-state index contributed by atoms with van der Waals surface area (Å²) in [4.78, 5) is 20.9. The summed E-state index contributed by atoms with van der Waals surface area (Å²) in [6, 6.07) is 17.5. The van der Waals surface area contributed by atoms with Gasteiger partial charge in [-0.3, -0.25) is 0 Å². The van der Waals surface area contributed by atoms with Crippen molar-refractivity contribution in [2.75, 3.05) is 18.9 Å². The second-order valence-corrected chi connectivity index (χ2v) is 6.19. The first-order chi connectivity index (χ1) is 13.6. The van der Waals surface area contributed by atoms with Crippen LogP contribution in [-0.2, 0) is 11.2 Å². The number of benzene rings is 2. The van der Waals surface area contributed by atoms with Gasteiger partial charge in [-0.25, -0.2) is 14.8 Å². The zero-order chi connectivity index (χ0) is 19.9. The zero-order valence-electron chi connectivity index (χ0n) is 16.0. The smallest absolute Gasteiger partial charge is 0.342 e. The molecule has 0 aliphatic heterocycles. The number of rotatable bonds is 7. The molecule has 144 valence electrons. The van der Waals surface area contributed by atoms with E-state index in [1.165, 1.54) is 5.56 Å². The molecule has 0 amide bonds. The largest absolute Gasteiger partial charge is 0.493 e. The third kappa shape index (κ3) is 4.46. The molecular weight excluding hydrogens is 354 g/mol. The van der Waals surface area contributed by atoms with Crippen molar-refractivity contribution in [3.63, 3.8) is 0 Å². The van der Waals surface area contributed by atoms with Gasteiger partial charge in [-0.15, -0.1) is 0 Å². The van der Waals surface area contributed by atoms with Gasteiger partial charge in [0, 0.05) is 12.0 Å². The van der Waals surface area contributed by atoms with Crippen molar-refractivity contribution < 1.29 is 14.3 Å². The lowest BCUT2D eigenvalue weighted by molar-refractivity contribution is 0.0525. The van der Waals surface area contributed by atoms with Crippen LogP contribution in [-0.4, -0.2) is 29.2 Å². The summed E-state index contributed by atoms with van der Waals surface area (Å²) in [6.45, 7) is 4.23. The Hall–Kier alpha value is -3.41. The summed E-state index contributed by atoms with van der Waals surface area (Å²) in [6.07, 6.45) is 0.769. The molecule has 1 aromatic heterocycles. The molecule has 0 spiro atoms. The Labute approximate surface area is 164 Å². The molecule has 0 unspecified atom stereocenters. The van der Waals surface area contributed by atoms with Crippen LogP contribution in [0.2, 0.25) is 0 Å². The van der Waals surface area contributed by atoms with Gasteiger partial charge in [0.25, 0.3) is 0 Å². The molecule has 3 rings (SSSR count). The molecule has 6 heteroatoms. The Kier molecular flexibility index (Phi) is 6.22. The summed E-state index contributed by atoms with van der Waals surface area (Å²) in [5.41, 5.74) is 8.91. The second-order valence-electron chi connectivity index (χ2n) is 6.19. The molecule has 2 aromatic carbocycles. The summed E-state index contributed by atoms with van der Waals surface area (Å²) in [7, 11) is 0. The van der Waals surface area contributed by atoms with Crippen LogP contribution in [0.15, 0.2) is 54.6 Å². The van der Waals surface area contributed by atoms with E-state index < -0.39 is 5.97 Å². The maximum atomic E-state index is 12.5. The quantitative estimate of drug-likeness (QED) is 0.630. The van der Waals surface area contributed by atoms with Gasteiger partial charge in [-0.05, 0) is 31.5 Å². The van der Waals surface area contributed by atoms with E-state index in [0.717, 1.165) is 6.42 Å².